The van der Waals surface area contributed by atoms with Crippen molar-refractivity contribution in [3.8, 4) is 0 Å². The zero-order valence-corrected chi connectivity index (χ0v) is 11.5. The molecule has 3 rings (SSSR count). The predicted molar refractivity (Wildman–Crippen MR) is 71.8 cm³/mol. The number of cyclic esters (lactones) is 1. The highest BCUT2D eigenvalue weighted by molar-refractivity contribution is 6.01. The van der Waals surface area contributed by atoms with Crippen LogP contribution in [-0.4, -0.2) is 28.4 Å². The third-order valence-corrected chi connectivity index (χ3v) is 4.18. The Morgan fingerprint density at radius 3 is 2.90 bits per heavy atom. The van der Waals surface area contributed by atoms with Gasteiger partial charge in [0.25, 0.3) is 5.56 Å². The van der Waals surface area contributed by atoms with Gasteiger partial charge in [0, 0.05) is 25.6 Å². The molecule has 3 heterocycles. The molecular formula is C14H16N2O4. The highest BCUT2D eigenvalue weighted by atomic mass is 16.6. The number of rotatable bonds is 1. The van der Waals surface area contributed by atoms with Crippen LogP contribution in [0.2, 0.25) is 0 Å². The lowest BCUT2D eigenvalue weighted by molar-refractivity contribution is -0.172. The first-order chi connectivity index (χ1) is 9.52. The van der Waals surface area contributed by atoms with Crippen molar-refractivity contribution >= 4 is 11.7 Å². The van der Waals surface area contributed by atoms with E-state index >= 15 is 0 Å². The predicted octanol–water partition coefficient (Wildman–Crippen LogP) is 0.325. The molecule has 1 aromatic rings. The molecule has 2 aliphatic heterocycles. The van der Waals surface area contributed by atoms with Crippen LogP contribution in [0.4, 0.5) is 0 Å². The van der Waals surface area contributed by atoms with E-state index in [1.54, 1.807) is 24.6 Å². The van der Waals surface area contributed by atoms with Crippen LogP contribution in [0.3, 0.4) is 0 Å². The van der Waals surface area contributed by atoms with Gasteiger partial charge in [-0.05, 0) is 12.5 Å². The standard InChI is InChI=1S/C14H16N2O4/c1-3-14(19)9-6-11-10(15-2)4-5-16(11)12(17)8(9)7-20-13(14)18/h6,19H,3-5,7H2,1-2H3/b15-10+/t14-/m0/s1. The quantitative estimate of drug-likeness (QED) is 0.749. The molecule has 0 unspecified atom stereocenters. The van der Waals surface area contributed by atoms with Crippen LogP contribution in [0.15, 0.2) is 15.9 Å². The number of ether oxygens (including phenoxy) is 1. The van der Waals surface area contributed by atoms with Crippen molar-refractivity contribution < 1.29 is 14.6 Å². The molecular weight excluding hydrogens is 260 g/mol. The number of carbonyl (C=O) groups is 1. The van der Waals surface area contributed by atoms with Gasteiger partial charge in [-0.15, -0.1) is 0 Å². The van der Waals surface area contributed by atoms with Gasteiger partial charge in [0.05, 0.1) is 17.0 Å². The number of hydrogen-bond donors (Lipinski definition) is 1. The molecule has 106 valence electrons. The Kier molecular flexibility index (Phi) is 2.79. The Morgan fingerprint density at radius 1 is 1.50 bits per heavy atom. The summed E-state index contributed by atoms with van der Waals surface area (Å²) in [6, 6.07) is 1.72. The van der Waals surface area contributed by atoms with E-state index in [4.69, 9.17) is 4.74 Å². The fourth-order valence-corrected chi connectivity index (χ4v) is 2.93. The second kappa shape index (κ2) is 4.28. The Balaban J connectivity index is 2.32. The lowest BCUT2D eigenvalue weighted by Crippen LogP contribution is -2.44. The van der Waals surface area contributed by atoms with Crippen LogP contribution in [0.1, 0.15) is 36.6 Å². The molecule has 0 radical (unpaired) electrons. The highest BCUT2D eigenvalue weighted by Crippen LogP contribution is 2.34. The Hall–Kier alpha value is -1.95. The summed E-state index contributed by atoms with van der Waals surface area (Å²) in [6.45, 7) is 2.19. The fraction of sp³-hybridized carbons (Fsp3) is 0.500. The van der Waals surface area contributed by atoms with Gasteiger partial charge in [0.15, 0.2) is 5.60 Å². The molecule has 0 fully saturated rings. The highest BCUT2D eigenvalue weighted by Gasteiger charge is 2.45. The van der Waals surface area contributed by atoms with Gasteiger partial charge in [-0.2, -0.15) is 0 Å². The van der Waals surface area contributed by atoms with Gasteiger partial charge >= 0.3 is 5.97 Å². The monoisotopic (exact) mass is 276 g/mol. The molecule has 20 heavy (non-hydrogen) atoms. The summed E-state index contributed by atoms with van der Waals surface area (Å²) in [4.78, 5) is 28.5. The van der Waals surface area contributed by atoms with Crippen LogP contribution in [0, 0.1) is 0 Å². The van der Waals surface area contributed by atoms with Gasteiger partial charge in [-0.1, -0.05) is 6.92 Å². The summed E-state index contributed by atoms with van der Waals surface area (Å²) in [6.07, 6.45) is 0.855. The molecule has 1 N–H and O–H groups in total. The van der Waals surface area contributed by atoms with Crippen molar-refractivity contribution in [2.45, 2.75) is 38.5 Å². The van der Waals surface area contributed by atoms with Crippen molar-refractivity contribution in [3.63, 3.8) is 0 Å². The van der Waals surface area contributed by atoms with Gasteiger partial charge in [-0.25, -0.2) is 4.79 Å². The average molecular weight is 276 g/mol. The second-order valence-corrected chi connectivity index (χ2v) is 5.09. The van der Waals surface area contributed by atoms with E-state index in [1.807, 2.05) is 0 Å². The minimum absolute atomic E-state index is 0.0752. The summed E-state index contributed by atoms with van der Waals surface area (Å²) in [5, 5.41) is 10.6. The smallest absolute Gasteiger partial charge is 0.343 e. The number of nitrogens with zero attached hydrogens (tertiary/aromatic N) is 2. The summed E-state index contributed by atoms with van der Waals surface area (Å²) in [5.41, 5.74) is 0.324. The molecule has 0 saturated heterocycles. The second-order valence-electron chi connectivity index (χ2n) is 5.09. The maximum absolute atomic E-state index is 12.5. The zero-order valence-electron chi connectivity index (χ0n) is 11.5. The van der Waals surface area contributed by atoms with Crippen molar-refractivity contribution in [2.24, 2.45) is 4.99 Å². The number of carbonyl (C=O) groups excluding carboxylic acids is 1. The molecule has 0 saturated carbocycles. The molecule has 0 aliphatic carbocycles. The van der Waals surface area contributed by atoms with E-state index < -0.39 is 11.6 Å². The zero-order chi connectivity index (χ0) is 14.5. The molecule has 0 aromatic carbocycles. The number of aromatic nitrogens is 1. The normalized spacial score (nSPS) is 26.4. The van der Waals surface area contributed by atoms with E-state index in [2.05, 4.69) is 4.99 Å². The van der Waals surface area contributed by atoms with E-state index in [0.29, 0.717) is 29.8 Å². The molecule has 0 spiro atoms. The fourth-order valence-electron chi connectivity index (χ4n) is 2.93. The molecule has 1 atom stereocenters. The first kappa shape index (κ1) is 13.1. The van der Waals surface area contributed by atoms with Crippen molar-refractivity contribution in [1.29, 1.82) is 0 Å². The van der Waals surface area contributed by atoms with Gasteiger partial charge in [-0.3, -0.25) is 9.79 Å². The number of esters is 1. The first-order valence-electron chi connectivity index (χ1n) is 6.65. The summed E-state index contributed by atoms with van der Waals surface area (Å²) in [7, 11) is 1.68. The molecule has 6 heteroatoms. The number of hydrogen-bond acceptors (Lipinski definition) is 5. The van der Waals surface area contributed by atoms with Gasteiger partial charge in [0.2, 0.25) is 0 Å². The Morgan fingerprint density at radius 2 is 2.25 bits per heavy atom. The number of aliphatic hydroxyl groups is 1. The SMILES string of the molecule is CC[C@@]1(O)C(=O)OCc2c1cc1n(c2=O)CC/C1=N\C. The topological polar surface area (TPSA) is 80.9 Å². The van der Waals surface area contributed by atoms with Gasteiger partial charge < -0.3 is 14.4 Å². The van der Waals surface area contributed by atoms with Crippen molar-refractivity contribution in [2.75, 3.05) is 7.05 Å². The van der Waals surface area contributed by atoms with E-state index in [-0.39, 0.29) is 18.6 Å². The third kappa shape index (κ3) is 1.51. The summed E-state index contributed by atoms with van der Waals surface area (Å²) < 4.78 is 6.61. The van der Waals surface area contributed by atoms with Crippen LogP contribution in [-0.2, 0) is 28.3 Å². The van der Waals surface area contributed by atoms with E-state index in [9.17, 15) is 14.7 Å². The van der Waals surface area contributed by atoms with Crippen LogP contribution in [0.25, 0.3) is 0 Å². The molecule has 0 bridgehead atoms. The lowest BCUT2D eigenvalue weighted by Gasteiger charge is -2.31. The van der Waals surface area contributed by atoms with Crippen LogP contribution in [0.5, 0.6) is 0 Å². The first-order valence-corrected chi connectivity index (χ1v) is 6.65. The Labute approximate surface area is 115 Å². The largest absolute Gasteiger partial charge is 0.458 e. The number of aliphatic imine (C=N–C) groups is 1. The summed E-state index contributed by atoms with van der Waals surface area (Å²) in [5.74, 6) is -0.690. The van der Waals surface area contributed by atoms with Crippen LogP contribution >= 0.6 is 0 Å². The number of pyridine rings is 1. The van der Waals surface area contributed by atoms with Gasteiger partial charge in [0.1, 0.15) is 6.61 Å². The molecule has 1 aromatic heterocycles. The molecule has 2 aliphatic rings. The molecule has 0 amide bonds. The average Bonchev–Trinajstić information content (AvgIpc) is 2.87. The minimum atomic E-state index is -1.73. The third-order valence-electron chi connectivity index (χ3n) is 4.18. The summed E-state index contributed by atoms with van der Waals surface area (Å²) >= 11 is 0. The minimum Gasteiger partial charge on any atom is -0.458 e. The molecule has 6 nitrogen and oxygen atoms in total. The lowest BCUT2D eigenvalue weighted by atomic mass is 9.86. The van der Waals surface area contributed by atoms with E-state index in [0.717, 1.165) is 5.71 Å². The van der Waals surface area contributed by atoms with Crippen molar-refractivity contribution in [3.05, 3.63) is 33.2 Å². The maximum Gasteiger partial charge on any atom is 0.343 e. The van der Waals surface area contributed by atoms with Crippen molar-refractivity contribution in [1.82, 2.24) is 4.57 Å². The van der Waals surface area contributed by atoms with E-state index in [1.165, 1.54) is 0 Å². The maximum atomic E-state index is 12.5. The van der Waals surface area contributed by atoms with Crippen LogP contribution < -0.4 is 5.56 Å². The Bertz CT molecular complexity index is 689. The number of fused-ring (bicyclic) bond motifs is 2.